The number of hydrogen-bond acceptors (Lipinski definition) is 5. The van der Waals surface area contributed by atoms with Crippen molar-refractivity contribution in [1.29, 1.82) is 10.5 Å². The summed E-state index contributed by atoms with van der Waals surface area (Å²) in [6.07, 6.45) is 5.40. The van der Waals surface area contributed by atoms with Gasteiger partial charge in [0.1, 0.15) is 11.6 Å². The molecule has 0 unspecified atom stereocenters. The van der Waals surface area contributed by atoms with E-state index in [9.17, 15) is 10.5 Å². The van der Waals surface area contributed by atoms with Gasteiger partial charge in [-0.1, -0.05) is 49.1 Å². The lowest BCUT2D eigenvalue weighted by Gasteiger charge is -2.40. The van der Waals surface area contributed by atoms with Crippen molar-refractivity contribution < 1.29 is 0 Å². The molecule has 2 aliphatic rings. The maximum absolute atomic E-state index is 9.78. The lowest BCUT2D eigenvalue weighted by Crippen LogP contribution is -2.45. The first-order chi connectivity index (χ1) is 12.1. The van der Waals surface area contributed by atoms with Crippen LogP contribution in [0.3, 0.4) is 0 Å². The molecular weight excluding hydrogens is 310 g/mol. The van der Waals surface area contributed by atoms with Crippen molar-refractivity contribution >= 4 is 0 Å². The third-order valence-electron chi connectivity index (χ3n) is 5.24. The Morgan fingerprint density at radius 2 is 1.44 bits per heavy atom. The summed E-state index contributed by atoms with van der Waals surface area (Å²) in [5.74, 6) is 0.309. The average molecular weight is 333 g/mol. The van der Waals surface area contributed by atoms with Gasteiger partial charge in [-0.25, -0.2) is 0 Å². The highest BCUT2D eigenvalue weighted by Crippen LogP contribution is 2.41. The van der Waals surface area contributed by atoms with Gasteiger partial charge in [0.25, 0.3) is 0 Å². The number of aryl methyl sites for hydroxylation is 1. The molecule has 0 aromatic heterocycles. The van der Waals surface area contributed by atoms with Crippen LogP contribution in [0.5, 0.6) is 0 Å². The van der Waals surface area contributed by atoms with Crippen molar-refractivity contribution in [1.82, 2.24) is 4.90 Å². The third kappa shape index (κ3) is 2.94. The standard InChI is InChI=1S/C20H23N5/c1-13-7-9-14(10-8-13)18-16(11-21)19(23)25(20(24)17(18)12-22)15-5-3-2-4-6-15/h7-10,15,18H,2-6,23-24H2,1H3. The first kappa shape index (κ1) is 16.9. The van der Waals surface area contributed by atoms with Crippen LogP contribution in [-0.4, -0.2) is 10.9 Å². The molecule has 0 amide bonds. The minimum Gasteiger partial charge on any atom is -0.384 e. The van der Waals surface area contributed by atoms with E-state index in [0.29, 0.717) is 22.8 Å². The normalized spacial score (nSPS) is 19.7. The summed E-state index contributed by atoms with van der Waals surface area (Å²) in [6.45, 7) is 2.00. The van der Waals surface area contributed by atoms with Crippen LogP contribution in [0.4, 0.5) is 0 Å². The van der Waals surface area contributed by atoms with Crippen molar-refractivity contribution in [2.24, 2.45) is 11.5 Å². The zero-order chi connectivity index (χ0) is 18.0. The van der Waals surface area contributed by atoms with Gasteiger partial charge in [0, 0.05) is 6.04 Å². The largest absolute Gasteiger partial charge is 0.384 e. The number of benzene rings is 1. The smallest absolute Gasteiger partial charge is 0.120 e. The Morgan fingerprint density at radius 1 is 0.920 bits per heavy atom. The first-order valence-corrected chi connectivity index (χ1v) is 8.73. The second-order valence-electron chi connectivity index (χ2n) is 6.83. The lowest BCUT2D eigenvalue weighted by molar-refractivity contribution is 0.231. The van der Waals surface area contributed by atoms with Crippen LogP contribution in [-0.2, 0) is 0 Å². The number of nitrogens with zero attached hydrogens (tertiary/aromatic N) is 3. The van der Waals surface area contributed by atoms with Gasteiger partial charge in [-0.2, -0.15) is 10.5 Å². The van der Waals surface area contributed by atoms with Crippen LogP contribution in [0.1, 0.15) is 49.1 Å². The molecule has 5 nitrogen and oxygen atoms in total. The van der Waals surface area contributed by atoms with Crippen LogP contribution in [0.25, 0.3) is 0 Å². The summed E-state index contributed by atoms with van der Waals surface area (Å²) in [6, 6.07) is 12.5. The molecule has 4 N–H and O–H groups in total. The van der Waals surface area contributed by atoms with Crippen LogP contribution in [0.15, 0.2) is 47.1 Å². The minimum atomic E-state index is -0.490. The Bertz CT molecular complexity index is 760. The van der Waals surface area contributed by atoms with Crippen LogP contribution in [0, 0.1) is 29.6 Å². The molecule has 1 aromatic carbocycles. The molecule has 5 heteroatoms. The van der Waals surface area contributed by atoms with Gasteiger partial charge in [-0.3, -0.25) is 0 Å². The van der Waals surface area contributed by atoms with E-state index in [1.165, 1.54) is 6.42 Å². The second-order valence-corrected chi connectivity index (χ2v) is 6.83. The molecule has 0 bridgehead atoms. The highest BCUT2D eigenvalue weighted by Gasteiger charge is 2.37. The van der Waals surface area contributed by atoms with Gasteiger partial charge in [0.05, 0.1) is 29.2 Å². The maximum atomic E-state index is 9.78. The van der Waals surface area contributed by atoms with E-state index >= 15 is 0 Å². The molecule has 1 aromatic rings. The van der Waals surface area contributed by atoms with E-state index in [0.717, 1.165) is 36.8 Å². The fourth-order valence-electron chi connectivity index (χ4n) is 3.90. The number of hydrogen-bond donors (Lipinski definition) is 2. The Balaban J connectivity index is 2.11. The molecule has 1 aliphatic heterocycles. The van der Waals surface area contributed by atoms with Crippen LogP contribution < -0.4 is 11.5 Å². The van der Waals surface area contributed by atoms with Crippen molar-refractivity contribution in [3.63, 3.8) is 0 Å². The van der Waals surface area contributed by atoms with E-state index in [1.54, 1.807) is 0 Å². The van der Waals surface area contributed by atoms with E-state index in [2.05, 4.69) is 12.1 Å². The number of allylic oxidation sites excluding steroid dienone is 2. The summed E-state index contributed by atoms with van der Waals surface area (Å²) in [7, 11) is 0. The molecule has 0 saturated heterocycles. The Morgan fingerprint density at radius 3 is 1.92 bits per heavy atom. The highest BCUT2D eigenvalue weighted by atomic mass is 15.3. The second kappa shape index (κ2) is 6.91. The predicted octanol–water partition coefficient (Wildman–Crippen LogP) is 3.11. The molecule has 0 radical (unpaired) electrons. The van der Waals surface area contributed by atoms with E-state index in [1.807, 2.05) is 36.1 Å². The number of nitriles is 2. The van der Waals surface area contributed by atoms with Gasteiger partial charge < -0.3 is 16.4 Å². The molecule has 0 atom stereocenters. The number of rotatable bonds is 2. The molecule has 1 aliphatic carbocycles. The van der Waals surface area contributed by atoms with E-state index < -0.39 is 5.92 Å². The van der Waals surface area contributed by atoms with Gasteiger partial charge in [-0.15, -0.1) is 0 Å². The molecule has 1 heterocycles. The summed E-state index contributed by atoms with van der Waals surface area (Å²) in [5.41, 5.74) is 15.6. The molecular formula is C20H23N5. The van der Waals surface area contributed by atoms with Gasteiger partial charge in [-0.05, 0) is 25.3 Å². The molecule has 128 valence electrons. The SMILES string of the molecule is Cc1ccc(C2C(C#N)=C(N)N(C3CCCCC3)C(N)=C2C#N)cc1. The first-order valence-electron chi connectivity index (χ1n) is 8.73. The van der Waals surface area contributed by atoms with Crippen molar-refractivity contribution in [2.75, 3.05) is 0 Å². The summed E-state index contributed by atoms with van der Waals surface area (Å²) < 4.78 is 0. The van der Waals surface area contributed by atoms with Crippen molar-refractivity contribution in [2.45, 2.75) is 51.0 Å². The summed E-state index contributed by atoms with van der Waals surface area (Å²) >= 11 is 0. The topological polar surface area (TPSA) is 103 Å². The lowest BCUT2D eigenvalue weighted by atomic mass is 9.81. The van der Waals surface area contributed by atoms with E-state index in [-0.39, 0.29) is 6.04 Å². The van der Waals surface area contributed by atoms with Crippen molar-refractivity contribution in [3.8, 4) is 12.1 Å². The third-order valence-corrected chi connectivity index (χ3v) is 5.24. The van der Waals surface area contributed by atoms with Crippen molar-refractivity contribution in [3.05, 3.63) is 58.2 Å². The Labute approximate surface area is 148 Å². The monoisotopic (exact) mass is 333 g/mol. The van der Waals surface area contributed by atoms with Crippen LogP contribution in [0.2, 0.25) is 0 Å². The molecule has 25 heavy (non-hydrogen) atoms. The molecule has 0 spiro atoms. The zero-order valence-corrected chi connectivity index (χ0v) is 14.5. The Kier molecular flexibility index (Phi) is 4.67. The quantitative estimate of drug-likeness (QED) is 0.865. The molecule has 1 saturated carbocycles. The van der Waals surface area contributed by atoms with Gasteiger partial charge in [0.15, 0.2) is 0 Å². The minimum absolute atomic E-state index is 0.166. The average Bonchev–Trinajstić information content (AvgIpc) is 2.63. The van der Waals surface area contributed by atoms with Crippen LogP contribution >= 0.6 is 0 Å². The molecule has 1 fully saturated rings. The highest BCUT2D eigenvalue weighted by molar-refractivity contribution is 5.55. The van der Waals surface area contributed by atoms with E-state index in [4.69, 9.17) is 11.5 Å². The summed E-state index contributed by atoms with van der Waals surface area (Å²) in [4.78, 5) is 1.83. The number of nitrogens with two attached hydrogens (primary N) is 2. The fourth-order valence-corrected chi connectivity index (χ4v) is 3.90. The zero-order valence-electron chi connectivity index (χ0n) is 14.5. The predicted molar refractivity (Wildman–Crippen MR) is 96.3 cm³/mol. The Hall–Kier alpha value is -2.92. The van der Waals surface area contributed by atoms with Gasteiger partial charge in [0.2, 0.25) is 0 Å². The van der Waals surface area contributed by atoms with Gasteiger partial charge >= 0.3 is 0 Å². The molecule has 3 rings (SSSR count). The fraction of sp³-hybridized carbons (Fsp3) is 0.400. The maximum Gasteiger partial charge on any atom is 0.120 e. The summed E-state index contributed by atoms with van der Waals surface area (Å²) in [5, 5.41) is 19.6.